The number of carbonyl (C=O) groups is 1. The first-order valence-corrected chi connectivity index (χ1v) is 4.14. The molecule has 62 valence electrons. The molecule has 2 aliphatic rings. The van der Waals surface area contributed by atoms with Gasteiger partial charge in [0.1, 0.15) is 6.23 Å². The monoisotopic (exact) mass is 155 g/mol. The van der Waals surface area contributed by atoms with E-state index in [0.717, 1.165) is 13.0 Å². The van der Waals surface area contributed by atoms with Crippen LogP contribution in [0.5, 0.6) is 0 Å². The molecule has 0 N–H and O–H groups in total. The van der Waals surface area contributed by atoms with Crippen molar-refractivity contribution in [1.82, 2.24) is 4.90 Å². The molecule has 11 heavy (non-hydrogen) atoms. The Morgan fingerprint density at radius 1 is 1.55 bits per heavy atom. The number of rotatable bonds is 0. The number of ether oxygens (including phenoxy) is 1. The molecule has 0 radical (unpaired) electrons. The van der Waals surface area contributed by atoms with Crippen molar-refractivity contribution >= 4 is 5.91 Å². The zero-order valence-electron chi connectivity index (χ0n) is 6.91. The van der Waals surface area contributed by atoms with Gasteiger partial charge in [-0.3, -0.25) is 4.79 Å². The van der Waals surface area contributed by atoms with E-state index in [4.69, 9.17) is 4.74 Å². The second kappa shape index (κ2) is 2.21. The normalized spacial score (nSPS) is 43.3. The van der Waals surface area contributed by atoms with E-state index >= 15 is 0 Å². The van der Waals surface area contributed by atoms with Crippen LogP contribution in [-0.4, -0.2) is 29.7 Å². The topological polar surface area (TPSA) is 29.5 Å². The predicted octanol–water partition coefficient (Wildman–Crippen LogP) is 0.600. The van der Waals surface area contributed by atoms with Crippen molar-refractivity contribution in [2.45, 2.75) is 32.5 Å². The quantitative estimate of drug-likeness (QED) is 0.512. The summed E-state index contributed by atoms with van der Waals surface area (Å²) in [6.07, 6.45) is 0.987. The van der Waals surface area contributed by atoms with Gasteiger partial charge in [-0.25, -0.2) is 0 Å². The second-order valence-corrected chi connectivity index (χ2v) is 3.47. The summed E-state index contributed by atoms with van der Waals surface area (Å²) in [5.41, 5.74) is 0. The minimum Gasteiger partial charge on any atom is -0.356 e. The lowest BCUT2D eigenvalue weighted by Gasteiger charge is -2.18. The Labute approximate surface area is 66.3 Å². The fraction of sp³-hybridized carbons (Fsp3) is 0.875. The third-order valence-corrected chi connectivity index (χ3v) is 2.62. The molecule has 3 nitrogen and oxygen atoms in total. The van der Waals surface area contributed by atoms with E-state index in [2.05, 4.69) is 0 Å². The maximum Gasteiger partial charge on any atom is 0.227 e. The fourth-order valence-electron chi connectivity index (χ4n) is 2.01. The Hall–Kier alpha value is -0.570. The number of hydrogen-bond acceptors (Lipinski definition) is 2. The van der Waals surface area contributed by atoms with E-state index in [9.17, 15) is 4.79 Å². The Morgan fingerprint density at radius 3 is 2.91 bits per heavy atom. The van der Waals surface area contributed by atoms with Crippen LogP contribution in [0.3, 0.4) is 0 Å². The SMILES string of the molecule is C[C@H]1CC2CO[C@H](C)N2C1=O. The first kappa shape index (κ1) is 7.10. The molecule has 2 fully saturated rings. The molecule has 3 atom stereocenters. The molecule has 1 amide bonds. The van der Waals surface area contributed by atoms with Crippen molar-refractivity contribution in [3.05, 3.63) is 0 Å². The average molecular weight is 155 g/mol. The molecular formula is C8H13NO2. The standard InChI is InChI=1S/C8H13NO2/c1-5-3-7-4-11-6(2)9(7)8(5)10/h5-7H,3-4H2,1-2H3/t5-,6+,7?/m0/s1. The molecule has 0 saturated carbocycles. The Morgan fingerprint density at radius 2 is 2.27 bits per heavy atom. The molecule has 0 aromatic heterocycles. The van der Waals surface area contributed by atoms with Crippen LogP contribution >= 0.6 is 0 Å². The fourth-order valence-corrected chi connectivity index (χ4v) is 2.01. The van der Waals surface area contributed by atoms with Crippen LogP contribution in [-0.2, 0) is 9.53 Å². The maximum absolute atomic E-state index is 11.4. The first-order chi connectivity index (χ1) is 5.20. The number of nitrogens with zero attached hydrogens (tertiary/aromatic N) is 1. The smallest absolute Gasteiger partial charge is 0.227 e. The van der Waals surface area contributed by atoms with Gasteiger partial charge in [-0.15, -0.1) is 0 Å². The molecule has 0 spiro atoms. The summed E-state index contributed by atoms with van der Waals surface area (Å²) in [7, 11) is 0. The van der Waals surface area contributed by atoms with Crippen LogP contribution < -0.4 is 0 Å². The van der Waals surface area contributed by atoms with Gasteiger partial charge in [0.2, 0.25) is 5.91 Å². The zero-order chi connectivity index (χ0) is 8.01. The predicted molar refractivity (Wildman–Crippen MR) is 39.8 cm³/mol. The van der Waals surface area contributed by atoms with E-state index in [1.807, 2.05) is 18.7 Å². The first-order valence-electron chi connectivity index (χ1n) is 4.14. The van der Waals surface area contributed by atoms with Crippen LogP contribution in [0.25, 0.3) is 0 Å². The molecule has 2 saturated heterocycles. The van der Waals surface area contributed by atoms with E-state index in [1.165, 1.54) is 0 Å². The van der Waals surface area contributed by atoms with E-state index < -0.39 is 0 Å². The average Bonchev–Trinajstić information content (AvgIpc) is 2.41. The van der Waals surface area contributed by atoms with Gasteiger partial charge in [-0.2, -0.15) is 0 Å². The molecule has 2 heterocycles. The molecule has 3 heteroatoms. The summed E-state index contributed by atoms with van der Waals surface area (Å²) in [4.78, 5) is 13.3. The van der Waals surface area contributed by atoms with Crippen LogP contribution in [0.2, 0.25) is 0 Å². The third-order valence-electron chi connectivity index (χ3n) is 2.62. The molecule has 2 aliphatic heterocycles. The van der Waals surface area contributed by atoms with Gasteiger partial charge in [0.15, 0.2) is 0 Å². The Bertz CT molecular complexity index is 193. The van der Waals surface area contributed by atoms with Crippen molar-refractivity contribution in [2.75, 3.05) is 6.61 Å². The zero-order valence-corrected chi connectivity index (χ0v) is 6.91. The highest BCUT2D eigenvalue weighted by Crippen LogP contribution is 2.31. The summed E-state index contributed by atoms with van der Waals surface area (Å²) in [6, 6.07) is 0.368. The van der Waals surface area contributed by atoms with Gasteiger partial charge < -0.3 is 9.64 Å². The summed E-state index contributed by atoms with van der Waals surface area (Å²) in [5, 5.41) is 0. The molecule has 0 aromatic carbocycles. The Balaban J connectivity index is 2.20. The highest BCUT2D eigenvalue weighted by atomic mass is 16.5. The number of amides is 1. The number of fused-ring (bicyclic) bond motifs is 1. The van der Waals surface area contributed by atoms with Crippen LogP contribution in [0.15, 0.2) is 0 Å². The second-order valence-electron chi connectivity index (χ2n) is 3.47. The van der Waals surface area contributed by atoms with Gasteiger partial charge >= 0.3 is 0 Å². The molecule has 2 rings (SSSR count). The van der Waals surface area contributed by atoms with Gasteiger partial charge in [0.25, 0.3) is 0 Å². The molecular weight excluding hydrogens is 142 g/mol. The third kappa shape index (κ3) is 0.872. The maximum atomic E-state index is 11.4. The lowest BCUT2D eigenvalue weighted by atomic mass is 10.1. The van der Waals surface area contributed by atoms with Crippen molar-refractivity contribution < 1.29 is 9.53 Å². The highest BCUT2D eigenvalue weighted by molar-refractivity contribution is 5.81. The largest absolute Gasteiger partial charge is 0.356 e. The minimum atomic E-state index is 0.0115. The molecule has 0 bridgehead atoms. The number of carbonyl (C=O) groups excluding carboxylic acids is 1. The van der Waals surface area contributed by atoms with Gasteiger partial charge in [0.05, 0.1) is 12.6 Å². The van der Waals surface area contributed by atoms with Gasteiger partial charge in [-0.05, 0) is 13.3 Å². The molecule has 0 aromatic rings. The summed E-state index contributed by atoms with van der Waals surface area (Å²) >= 11 is 0. The summed E-state index contributed by atoms with van der Waals surface area (Å²) in [6.45, 7) is 4.67. The van der Waals surface area contributed by atoms with Crippen LogP contribution in [0.4, 0.5) is 0 Å². The van der Waals surface area contributed by atoms with Crippen molar-refractivity contribution in [3.8, 4) is 0 Å². The lowest BCUT2D eigenvalue weighted by molar-refractivity contribution is -0.135. The number of hydrogen-bond donors (Lipinski definition) is 0. The van der Waals surface area contributed by atoms with Crippen molar-refractivity contribution in [1.29, 1.82) is 0 Å². The van der Waals surface area contributed by atoms with Crippen molar-refractivity contribution in [2.24, 2.45) is 5.92 Å². The van der Waals surface area contributed by atoms with Crippen molar-refractivity contribution in [3.63, 3.8) is 0 Å². The summed E-state index contributed by atoms with van der Waals surface area (Å²) in [5.74, 6) is 0.478. The van der Waals surface area contributed by atoms with Crippen LogP contribution in [0.1, 0.15) is 20.3 Å². The van der Waals surface area contributed by atoms with E-state index in [-0.39, 0.29) is 18.1 Å². The van der Waals surface area contributed by atoms with E-state index in [1.54, 1.807) is 0 Å². The minimum absolute atomic E-state index is 0.0115. The van der Waals surface area contributed by atoms with Gasteiger partial charge in [0, 0.05) is 5.92 Å². The van der Waals surface area contributed by atoms with Gasteiger partial charge in [-0.1, -0.05) is 6.92 Å². The molecule has 0 aliphatic carbocycles. The lowest BCUT2D eigenvalue weighted by Crippen LogP contribution is -2.34. The van der Waals surface area contributed by atoms with E-state index in [0.29, 0.717) is 6.04 Å². The molecule has 1 unspecified atom stereocenters. The summed E-state index contributed by atoms with van der Waals surface area (Å²) < 4.78 is 5.34. The Kier molecular flexibility index (Phi) is 1.42. The van der Waals surface area contributed by atoms with Crippen LogP contribution in [0, 0.1) is 5.92 Å². The highest BCUT2D eigenvalue weighted by Gasteiger charge is 2.43.